The summed E-state index contributed by atoms with van der Waals surface area (Å²) in [6.07, 6.45) is 3.51. The van der Waals surface area contributed by atoms with E-state index in [1.807, 2.05) is 74.9 Å². The minimum Gasteiger partial charge on any atom is -0.346 e. The molecule has 3 aromatic heterocycles. The number of nitrogens with zero attached hydrogens (tertiary/aromatic N) is 3. The largest absolute Gasteiger partial charge is 0.346 e. The van der Waals surface area contributed by atoms with Crippen LogP contribution in [0.1, 0.15) is 52.7 Å². The van der Waals surface area contributed by atoms with Crippen molar-refractivity contribution in [2.24, 2.45) is 0 Å². The summed E-state index contributed by atoms with van der Waals surface area (Å²) >= 11 is 0. The molecule has 0 aliphatic heterocycles. The van der Waals surface area contributed by atoms with Crippen LogP contribution < -0.4 is 10.6 Å². The summed E-state index contributed by atoms with van der Waals surface area (Å²) in [6, 6.07) is 16.5. The molecule has 168 valence electrons. The number of amides is 2. The third kappa shape index (κ3) is 4.92. The van der Waals surface area contributed by atoms with E-state index in [4.69, 9.17) is 0 Å². The van der Waals surface area contributed by atoms with E-state index in [9.17, 15) is 9.59 Å². The highest BCUT2D eigenvalue weighted by atomic mass is 16.2. The van der Waals surface area contributed by atoms with Crippen molar-refractivity contribution in [2.75, 3.05) is 5.32 Å². The van der Waals surface area contributed by atoms with Gasteiger partial charge in [-0.05, 0) is 64.1 Å². The van der Waals surface area contributed by atoms with E-state index in [-0.39, 0.29) is 17.4 Å². The van der Waals surface area contributed by atoms with Crippen LogP contribution in [0.3, 0.4) is 0 Å². The normalized spacial score (nSPS) is 11.4. The maximum Gasteiger partial charge on any atom is 0.256 e. The molecule has 0 unspecified atom stereocenters. The van der Waals surface area contributed by atoms with Crippen molar-refractivity contribution in [2.45, 2.75) is 39.8 Å². The molecule has 33 heavy (non-hydrogen) atoms. The van der Waals surface area contributed by atoms with Crippen molar-refractivity contribution in [1.82, 2.24) is 19.9 Å². The van der Waals surface area contributed by atoms with E-state index < -0.39 is 0 Å². The monoisotopic (exact) mass is 441 g/mol. The molecule has 3 heterocycles. The lowest BCUT2D eigenvalue weighted by Gasteiger charge is -2.22. The Morgan fingerprint density at radius 2 is 1.73 bits per heavy atom. The van der Waals surface area contributed by atoms with Crippen LogP contribution in [-0.4, -0.2) is 26.3 Å². The average molecular weight is 442 g/mol. The molecule has 2 N–H and O–H groups in total. The van der Waals surface area contributed by atoms with Gasteiger partial charge in [0.1, 0.15) is 11.5 Å². The lowest BCUT2D eigenvalue weighted by molar-refractivity contribution is 0.0950. The minimum absolute atomic E-state index is 0.202. The van der Waals surface area contributed by atoms with Crippen molar-refractivity contribution in [3.8, 4) is 0 Å². The van der Waals surface area contributed by atoms with Crippen LogP contribution in [0, 0.1) is 6.92 Å². The summed E-state index contributed by atoms with van der Waals surface area (Å²) < 4.78 is 1.96. The molecule has 0 atom stereocenters. The van der Waals surface area contributed by atoms with Crippen LogP contribution in [-0.2, 0) is 12.1 Å². The third-order valence-corrected chi connectivity index (χ3v) is 5.33. The predicted molar refractivity (Wildman–Crippen MR) is 129 cm³/mol. The second-order valence-electron chi connectivity index (χ2n) is 8.98. The highest BCUT2D eigenvalue weighted by Gasteiger charge is 2.23. The van der Waals surface area contributed by atoms with Gasteiger partial charge in [-0.3, -0.25) is 14.6 Å². The Balaban J connectivity index is 1.63. The molecule has 0 aliphatic rings. The van der Waals surface area contributed by atoms with Crippen LogP contribution in [0.4, 0.5) is 5.82 Å². The smallest absolute Gasteiger partial charge is 0.256 e. The minimum atomic E-state index is -0.315. The summed E-state index contributed by atoms with van der Waals surface area (Å²) in [6.45, 7) is 8.44. The first-order valence-electron chi connectivity index (χ1n) is 10.8. The number of anilines is 1. The van der Waals surface area contributed by atoms with Gasteiger partial charge in [-0.25, -0.2) is 4.98 Å². The fourth-order valence-corrected chi connectivity index (χ4v) is 3.53. The zero-order valence-corrected chi connectivity index (χ0v) is 19.2. The molecule has 1 aromatic carbocycles. The van der Waals surface area contributed by atoms with Crippen LogP contribution in [0.5, 0.6) is 0 Å². The summed E-state index contributed by atoms with van der Waals surface area (Å²) in [5.74, 6) is -0.00643. The van der Waals surface area contributed by atoms with Crippen molar-refractivity contribution < 1.29 is 9.59 Å². The summed E-state index contributed by atoms with van der Waals surface area (Å²) in [4.78, 5) is 34.6. The molecule has 0 saturated heterocycles. The summed E-state index contributed by atoms with van der Waals surface area (Å²) in [7, 11) is 0. The lowest BCUT2D eigenvalue weighted by atomic mass is 10.1. The van der Waals surface area contributed by atoms with Gasteiger partial charge in [0.15, 0.2) is 0 Å². The SMILES string of the molecule is Cc1ccc(C(=O)Nc2ccc3c(C(=O)NCc4ccccn4)cn(C(C)(C)C)c3n2)cc1. The zero-order valence-electron chi connectivity index (χ0n) is 19.2. The number of pyridine rings is 2. The number of carbonyl (C=O) groups is 2. The number of benzene rings is 1. The van der Waals surface area contributed by atoms with Gasteiger partial charge in [-0.15, -0.1) is 0 Å². The maximum atomic E-state index is 13.0. The van der Waals surface area contributed by atoms with Crippen LogP contribution >= 0.6 is 0 Å². The Kier molecular flexibility index (Phi) is 5.96. The molecule has 0 aliphatic carbocycles. The molecule has 4 aromatic rings. The second kappa shape index (κ2) is 8.86. The Morgan fingerprint density at radius 1 is 0.970 bits per heavy atom. The van der Waals surface area contributed by atoms with E-state index in [0.717, 1.165) is 16.6 Å². The predicted octanol–water partition coefficient (Wildman–Crippen LogP) is 4.68. The van der Waals surface area contributed by atoms with Crippen LogP contribution in [0.15, 0.2) is 67.0 Å². The van der Waals surface area contributed by atoms with Crippen LogP contribution in [0.2, 0.25) is 0 Å². The molecule has 4 rings (SSSR count). The first-order valence-corrected chi connectivity index (χ1v) is 10.8. The average Bonchev–Trinajstić information content (AvgIpc) is 3.18. The molecule has 2 amide bonds. The maximum absolute atomic E-state index is 13.0. The highest BCUT2D eigenvalue weighted by molar-refractivity contribution is 6.07. The first-order chi connectivity index (χ1) is 15.7. The second-order valence-corrected chi connectivity index (χ2v) is 8.98. The van der Waals surface area contributed by atoms with Crippen LogP contribution in [0.25, 0.3) is 11.0 Å². The Bertz CT molecular complexity index is 1300. The molecule has 0 fully saturated rings. The van der Waals surface area contributed by atoms with Crippen molar-refractivity contribution >= 4 is 28.7 Å². The van der Waals surface area contributed by atoms with Gasteiger partial charge in [0, 0.05) is 28.9 Å². The number of nitrogens with one attached hydrogen (secondary N) is 2. The van der Waals surface area contributed by atoms with Gasteiger partial charge in [-0.2, -0.15) is 0 Å². The molecular weight excluding hydrogens is 414 g/mol. The van der Waals surface area contributed by atoms with Gasteiger partial charge < -0.3 is 15.2 Å². The van der Waals surface area contributed by atoms with Gasteiger partial charge in [0.2, 0.25) is 0 Å². The van der Waals surface area contributed by atoms with E-state index in [2.05, 4.69) is 20.6 Å². The standard InChI is InChI=1S/C26H27N5O2/c1-17-8-10-18(11-9-17)24(32)30-22-13-12-20-21(16-31(23(20)29-22)26(2,3)4)25(33)28-15-19-7-5-6-14-27-19/h5-14,16H,15H2,1-4H3,(H,28,33)(H,29,30,32). The topological polar surface area (TPSA) is 88.9 Å². The summed E-state index contributed by atoms with van der Waals surface area (Å²) in [5, 5.41) is 6.51. The third-order valence-electron chi connectivity index (χ3n) is 5.33. The molecule has 0 bridgehead atoms. The van der Waals surface area contributed by atoms with E-state index in [1.54, 1.807) is 24.4 Å². The Hall–Kier alpha value is -4.00. The van der Waals surface area contributed by atoms with Gasteiger partial charge in [0.05, 0.1) is 17.8 Å². The lowest BCUT2D eigenvalue weighted by Crippen LogP contribution is -2.24. The number of aryl methyl sites for hydroxylation is 1. The number of rotatable bonds is 5. The van der Waals surface area contributed by atoms with E-state index >= 15 is 0 Å². The molecular formula is C26H27N5O2. The van der Waals surface area contributed by atoms with Gasteiger partial charge >= 0.3 is 0 Å². The molecule has 0 spiro atoms. The highest BCUT2D eigenvalue weighted by Crippen LogP contribution is 2.28. The number of hydrogen-bond donors (Lipinski definition) is 2. The number of carbonyl (C=O) groups excluding carboxylic acids is 2. The molecule has 0 saturated carbocycles. The van der Waals surface area contributed by atoms with Crippen molar-refractivity contribution in [3.63, 3.8) is 0 Å². The fourth-order valence-electron chi connectivity index (χ4n) is 3.53. The molecule has 0 radical (unpaired) electrons. The fraction of sp³-hybridized carbons (Fsp3) is 0.231. The van der Waals surface area contributed by atoms with E-state index in [1.165, 1.54) is 0 Å². The Labute approximate surface area is 192 Å². The summed E-state index contributed by atoms with van der Waals surface area (Å²) in [5.41, 5.74) is 3.27. The van der Waals surface area contributed by atoms with Gasteiger partial charge in [0.25, 0.3) is 11.8 Å². The van der Waals surface area contributed by atoms with Gasteiger partial charge in [-0.1, -0.05) is 23.8 Å². The number of fused-ring (bicyclic) bond motifs is 1. The van der Waals surface area contributed by atoms with Crippen molar-refractivity contribution in [3.05, 3.63) is 89.4 Å². The quantitative estimate of drug-likeness (QED) is 0.471. The van der Waals surface area contributed by atoms with E-state index in [0.29, 0.717) is 29.1 Å². The zero-order chi connectivity index (χ0) is 23.6. The molecule has 7 heteroatoms. The first kappa shape index (κ1) is 22.2. The number of hydrogen-bond acceptors (Lipinski definition) is 4. The number of aromatic nitrogens is 3. The molecule has 7 nitrogen and oxygen atoms in total. The Morgan fingerprint density at radius 3 is 2.39 bits per heavy atom. The van der Waals surface area contributed by atoms with Crippen molar-refractivity contribution in [1.29, 1.82) is 0 Å².